The summed E-state index contributed by atoms with van der Waals surface area (Å²) in [5, 5.41) is 12.2. The minimum absolute atomic E-state index is 0.0786. The molecule has 2 aromatic rings. The maximum absolute atomic E-state index is 12.2. The second-order valence-corrected chi connectivity index (χ2v) is 6.32. The van der Waals surface area contributed by atoms with Crippen LogP contribution in [-0.2, 0) is 0 Å². The highest BCUT2D eigenvalue weighted by atomic mass is 79.9. The molecule has 0 aliphatic rings. The van der Waals surface area contributed by atoms with Crippen molar-refractivity contribution in [3.05, 3.63) is 61.5 Å². The smallest absolute Gasteiger partial charge is 0.335 e. The van der Waals surface area contributed by atoms with Crippen molar-refractivity contribution < 1.29 is 14.7 Å². The highest BCUT2D eigenvalue weighted by Gasteiger charge is 2.12. The van der Waals surface area contributed by atoms with Crippen molar-refractivity contribution in [3.63, 3.8) is 0 Å². The number of anilines is 1. The molecule has 1 amide bonds. The van der Waals surface area contributed by atoms with Crippen LogP contribution in [0, 0.1) is 0 Å². The fourth-order valence-corrected chi connectivity index (χ4v) is 3.01. The molecular weight excluding hydrogens is 425 g/mol. The third kappa shape index (κ3) is 4.06. The molecule has 21 heavy (non-hydrogen) atoms. The average Bonchev–Trinajstić information content (AvgIpc) is 2.37. The van der Waals surface area contributed by atoms with Crippen LogP contribution in [0.25, 0.3) is 0 Å². The lowest BCUT2D eigenvalue weighted by molar-refractivity contribution is 0.0696. The van der Waals surface area contributed by atoms with Crippen molar-refractivity contribution in [2.24, 2.45) is 0 Å². The minimum atomic E-state index is -1.07. The van der Waals surface area contributed by atoms with E-state index in [2.05, 4.69) is 37.2 Å². The second-order valence-electron chi connectivity index (χ2n) is 4.11. The van der Waals surface area contributed by atoms with Gasteiger partial charge in [-0.05, 0) is 52.3 Å². The first-order valence-corrected chi connectivity index (χ1v) is 7.63. The SMILES string of the molecule is O=C(O)c1cc(Br)cc(NC(=O)c2ccc(Cl)cc2Br)c1. The Labute approximate surface area is 142 Å². The number of carbonyl (C=O) groups is 2. The molecule has 108 valence electrons. The number of amides is 1. The minimum Gasteiger partial charge on any atom is -0.478 e. The lowest BCUT2D eigenvalue weighted by Crippen LogP contribution is -2.13. The molecule has 2 rings (SSSR count). The first kappa shape index (κ1) is 16.0. The molecule has 2 aromatic carbocycles. The van der Waals surface area contributed by atoms with E-state index in [1.54, 1.807) is 24.3 Å². The number of carboxylic acids is 1. The Morgan fingerprint density at radius 2 is 1.81 bits per heavy atom. The largest absolute Gasteiger partial charge is 0.478 e. The van der Waals surface area contributed by atoms with Gasteiger partial charge in [0.1, 0.15) is 0 Å². The van der Waals surface area contributed by atoms with Crippen LogP contribution < -0.4 is 5.32 Å². The summed E-state index contributed by atoms with van der Waals surface area (Å²) in [5.74, 6) is -1.44. The van der Waals surface area contributed by atoms with Crippen LogP contribution >= 0.6 is 43.5 Å². The molecule has 0 saturated carbocycles. The third-order valence-corrected chi connectivity index (χ3v) is 3.93. The van der Waals surface area contributed by atoms with Gasteiger partial charge in [-0.15, -0.1) is 0 Å². The normalized spacial score (nSPS) is 10.2. The van der Waals surface area contributed by atoms with Gasteiger partial charge in [-0.25, -0.2) is 4.79 Å². The average molecular weight is 433 g/mol. The van der Waals surface area contributed by atoms with Crippen molar-refractivity contribution in [2.45, 2.75) is 0 Å². The van der Waals surface area contributed by atoms with E-state index in [0.717, 1.165) is 0 Å². The molecule has 0 heterocycles. The van der Waals surface area contributed by atoms with Gasteiger partial charge in [0.05, 0.1) is 11.1 Å². The number of aromatic carboxylic acids is 1. The zero-order chi connectivity index (χ0) is 15.6. The Hall–Kier alpha value is -1.37. The summed E-state index contributed by atoms with van der Waals surface area (Å²) in [4.78, 5) is 23.2. The van der Waals surface area contributed by atoms with Crippen molar-refractivity contribution in [1.82, 2.24) is 0 Å². The van der Waals surface area contributed by atoms with E-state index < -0.39 is 5.97 Å². The van der Waals surface area contributed by atoms with Gasteiger partial charge in [0.2, 0.25) is 0 Å². The molecule has 0 aliphatic heterocycles. The molecule has 2 N–H and O–H groups in total. The summed E-state index contributed by atoms with van der Waals surface area (Å²) in [6.45, 7) is 0. The Balaban J connectivity index is 2.29. The number of hydrogen-bond donors (Lipinski definition) is 2. The van der Waals surface area contributed by atoms with E-state index in [1.807, 2.05) is 0 Å². The van der Waals surface area contributed by atoms with Crippen LogP contribution in [0.15, 0.2) is 45.3 Å². The van der Waals surface area contributed by atoms with Gasteiger partial charge >= 0.3 is 5.97 Å². The van der Waals surface area contributed by atoms with Gasteiger partial charge < -0.3 is 10.4 Å². The molecule has 0 fully saturated rings. The molecule has 0 spiro atoms. The quantitative estimate of drug-likeness (QED) is 0.730. The van der Waals surface area contributed by atoms with Crippen molar-refractivity contribution in [3.8, 4) is 0 Å². The van der Waals surface area contributed by atoms with Gasteiger partial charge in [-0.3, -0.25) is 4.79 Å². The van der Waals surface area contributed by atoms with Gasteiger partial charge in [-0.1, -0.05) is 27.5 Å². The van der Waals surface area contributed by atoms with Crippen LogP contribution in [0.2, 0.25) is 5.02 Å². The van der Waals surface area contributed by atoms with E-state index in [-0.39, 0.29) is 11.5 Å². The Morgan fingerprint density at radius 3 is 2.43 bits per heavy atom. The predicted molar refractivity (Wildman–Crippen MR) is 88.2 cm³/mol. The first-order valence-electron chi connectivity index (χ1n) is 5.67. The molecule has 0 atom stereocenters. The topological polar surface area (TPSA) is 66.4 Å². The molecule has 0 bridgehead atoms. The Kier molecular flexibility index (Phi) is 5.03. The van der Waals surface area contributed by atoms with E-state index in [0.29, 0.717) is 25.2 Å². The molecule has 0 unspecified atom stereocenters. The number of carboxylic acid groups (broad SMARTS) is 1. The Bertz CT molecular complexity index is 734. The predicted octanol–water partition coefficient (Wildman–Crippen LogP) is 4.82. The maximum Gasteiger partial charge on any atom is 0.335 e. The fourth-order valence-electron chi connectivity index (χ4n) is 1.66. The van der Waals surface area contributed by atoms with E-state index in [9.17, 15) is 9.59 Å². The van der Waals surface area contributed by atoms with Gasteiger partial charge in [0, 0.05) is 19.7 Å². The van der Waals surface area contributed by atoms with E-state index >= 15 is 0 Å². The van der Waals surface area contributed by atoms with E-state index in [4.69, 9.17) is 16.7 Å². The summed E-state index contributed by atoms with van der Waals surface area (Å²) in [7, 11) is 0. The van der Waals surface area contributed by atoms with Crippen molar-refractivity contribution in [1.29, 1.82) is 0 Å². The number of halogens is 3. The lowest BCUT2D eigenvalue weighted by Gasteiger charge is -2.08. The van der Waals surface area contributed by atoms with Crippen LogP contribution in [0.4, 0.5) is 5.69 Å². The third-order valence-electron chi connectivity index (χ3n) is 2.58. The summed E-state index contributed by atoms with van der Waals surface area (Å²) in [6.07, 6.45) is 0. The maximum atomic E-state index is 12.2. The van der Waals surface area contributed by atoms with Gasteiger partial charge in [0.25, 0.3) is 5.91 Å². The molecule has 0 radical (unpaired) electrons. The molecular formula is C14H8Br2ClNO3. The number of hydrogen-bond acceptors (Lipinski definition) is 2. The van der Waals surface area contributed by atoms with Crippen LogP contribution in [0.5, 0.6) is 0 Å². The molecule has 4 nitrogen and oxygen atoms in total. The highest BCUT2D eigenvalue weighted by molar-refractivity contribution is 9.10. The summed E-state index contributed by atoms with van der Waals surface area (Å²) >= 11 is 12.3. The van der Waals surface area contributed by atoms with Crippen molar-refractivity contribution in [2.75, 3.05) is 5.32 Å². The summed E-state index contributed by atoms with van der Waals surface area (Å²) < 4.78 is 1.12. The number of rotatable bonds is 3. The standard InChI is InChI=1S/C14H8Br2ClNO3/c15-8-3-7(14(20)21)4-10(5-8)18-13(19)11-2-1-9(17)6-12(11)16/h1-6H,(H,18,19)(H,20,21). The van der Waals surface area contributed by atoms with Crippen LogP contribution in [0.1, 0.15) is 20.7 Å². The Morgan fingerprint density at radius 1 is 1.10 bits per heavy atom. The molecule has 0 aliphatic carbocycles. The van der Waals surface area contributed by atoms with Crippen molar-refractivity contribution >= 4 is 61.0 Å². The highest BCUT2D eigenvalue weighted by Crippen LogP contribution is 2.24. The zero-order valence-electron chi connectivity index (χ0n) is 10.4. The summed E-state index contributed by atoms with van der Waals surface area (Å²) in [6, 6.07) is 9.25. The summed E-state index contributed by atoms with van der Waals surface area (Å²) in [5.41, 5.74) is 0.861. The van der Waals surface area contributed by atoms with E-state index in [1.165, 1.54) is 12.1 Å². The number of benzene rings is 2. The molecule has 7 heteroatoms. The fraction of sp³-hybridized carbons (Fsp3) is 0. The van der Waals surface area contributed by atoms with Crippen LogP contribution in [-0.4, -0.2) is 17.0 Å². The number of nitrogens with one attached hydrogen (secondary N) is 1. The second kappa shape index (κ2) is 6.60. The molecule has 0 saturated heterocycles. The van der Waals surface area contributed by atoms with Gasteiger partial charge in [-0.2, -0.15) is 0 Å². The lowest BCUT2D eigenvalue weighted by atomic mass is 10.1. The van der Waals surface area contributed by atoms with Gasteiger partial charge in [0.15, 0.2) is 0 Å². The monoisotopic (exact) mass is 431 g/mol. The van der Waals surface area contributed by atoms with Crippen LogP contribution in [0.3, 0.4) is 0 Å². The first-order chi connectivity index (χ1) is 9.86. The number of carbonyl (C=O) groups excluding carboxylic acids is 1. The molecule has 0 aromatic heterocycles. The zero-order valence-corrected chi connectivity index (χ0v) is 14.3.